The lowest BCUT2D eigenvalue weighted by Crippen LogP contribution is -2.36. The van der Waals surface area contributed by atoms with Gasteiger partial charge in [-0.3, -0.25) is 4.99 Å². The van der Waals surface area contributed by atoms with Crippen LogP contribution in [0.4, 0.5) is 4.39 Å². The van der Waals surface area contributed by atoms with Gasteiger partial charge in [0.05, 0.1) is 12.0 Å². The fourth-order valence-corrected chi connectivity index (χ4v) is 2.70. The molecular weight excluding hydrogens is 480 g/mol. The van der Waals surface area contributed by atoms with Crippen molar-refractivity contribution in [2.24, 2.45) is 4.99 Å². The first-order chi connectivity index (χ1) is 12.7. The van der Waals surface area contributed by atoms with Crippen LogP contribution < -0.4 is 10.6 Å². The van der Waals surface area contributed by atoms with Crippen LogP contribution in [0, 0.1) is 5.82 Å². The van der Waals surface area contributed by atoms with Gasteiger partial charge in [0.25, 0.3) is 0 Å². The molecule has 0 saturated heterocycles. The smallest absolute Gasteiger partial charge is 0.191 e. The second-order valence-electron chi connectivity index (χ2n) is 5.63. The first-order valence-electron chi connectivity index (χ1n) is 8.12. The number of imidazole rings is 1. The summed E-state index contributed by atoms with van der Waals surface area (Å²) >= 11 is 6.15. The minimum Gasteiger partial charge on any atom is -0.352 e. The van der Waals surface area contributed by atoms with Crippen molar-refractivity contribution in [3.63, 3.8) is 0 Å². The Bertz CT molecular complexity index is 899. The van der Waals surface area contributed by atoms with E-state index in [1.54, 1.807) is 36.4 Å². The molecule has 0 aliphatic heterocycles. The van der Waals surface area contributed by atoms with E-state index in [1.165, 1.54) is 6.07 Å². The SMILES string of the molecule is CN=C(NCc1ccc(-n2ccnc2)c(F)c1)NCc1ccccc1Cl.I. The second kappa shape index (κ2) is 10.3. The molecule has 0 spiro atoms. The molecule has 8 heteroatoms. The van der Waals surface area contributed by atoms with Crippen LogP contribution in [0.15, 0.2) is 66.2 Å². The quantitative estimate of drug-likeness (QED) is 0.315. The van der Waals surface area contributed by atoms with Crippen molar-refractivity contribution in [2.75, 3.05) is 7.05 Å². The molecule has 142 valence electrons. The van der Waals surface area contributed by atoms with E-state index in [9.17, 15) is 4.39 Å². The highest BCUT2D eigenvalue weighted by molar-refractivity contribution is 14.0. The first-order valence-corrected chi connectivity index (χ1v) is 8.50. The van der Waals surface area contributed by atoms with Gasteiger partial charge in [0, 0.05) is 37.6 Å². The predicted octanol–water partition coefficient (Wildman–Crippen LogP) is 4.15. The molecule has 0 aliphatic carbocycles. The van der Waals surface area contributed by atoms with Crippen LogP contribution in [0.5, 0.6) is 0 Å². The molecule has 3 rings (SSSR count). The molecule has 1 heterocycles. The Morgan fingerprint density at radius 2 is 1.96 bits per heavy atom. The zero-order valence-electron chi connectivity index (χ0n) is 14.7. The molecule has 0 saturated carbocycles. The minimum atomic E-state index is -0.304. The van der Waals surface area contributed by atoms with Gasteiger partial charge in [-0.25, -0.2) is 9.37 Å². The minimum absolute atomic E-state index is 0. The van der Waals surface area contributed by atoms with E-state index in [1.807, 2.05) is 30.3 Å². The molecule has 3 aromatic rings. The van der Waals surface area contributed by atoms with Gasteiger partial charge in [-0.2, -0.15) is 0 Å². The molecule has 2 N–H and O–H groups in total. The summed E-state index contributed by atoms with van der Waals surface area (Å²) < 4.78 is 15.9. The fraction of sp³-hybridized carbons (Fsp3) is 0.158. The highest BCUT2D eigenvalue weighted by Crippen LogP contribution is 2.15. The maximum Gasteiger partial charge on any atom is 0.191 e. The van der Waals surface area contributed by atoms with Crippen molar-refractivity contribution in [2.45, 2.75) is 13.1 Å². The number of aromatic nitrogens is 2. The van der Waals surface area contributed by atoms with Crippen LogP contribution in [0.3, 0.4) is 0 Å². The van der Waals surface area contributed by atoms with E-state index in [-0.39, 0.29) is 29.8 Å². The lowest BCUT2D eigenvalue weighted by Gasteiger charge is -2.13. The molecule has 5 nitrogen and oxygen atoms in total. The summed E-state index contributed by atoms with van der Waals surface area (Å²) in [7, 11) is 1.69. The third-order valence-corrected chi connectivity index (χ3v) is 4.25. The van der Waals surface area contributed by atoms with Gasteiger partial charge in [-0.05, 0) is 29.3 Å². The Kier molecular flexibility index (Phi) is 8.05. The van der Waals surface area contributed by atoms with Gasteiger partial charge in [-0.15, -0.1) is 24.0 Å². The number of hydrogen-bond donors (Lipinski definition) is 2. The molecule has 0 aliphatic rings. The monoisotopic (exact) mass is 499 g/mol. The van der Waals surface area contributed by atoms with Gasteiger partial charge in [0.1, 0.15) is 5.82 Å². The zero-order chi connectivity index (χ0) is 18.4. The Labute approximate surface area is 179 Å². The summed E-state index contributed by atoms with van der Waals surface area (Å²) in [5.74, 6) is 0.310. The van der Waals surface area contributed by atoms with E-state index in [0.29, 0.717) is 29.8 Å². The van der Waals surface area contributed by atoms with Crippen LogP contribution in [-0.2, 0) is 13.1 Å². The third-order valence-electron chi connectivity index (χ3n) is 3.88. The van der Waals surface area contributed by atoms with E-state index in [0.717, 1.165) is 11.1 Å². The molecular formula is C19H20ClFIN5. The fourth-order valence-electron chi connectivity index (χ4n) is 2.50. The highest BCUT2D eigenvalue weighted by atomic mass is 127. The summed E-state index contributed by atoms with van der Waals surface area (Å²) in [5.41, 5.74) is 2.26. The van der Waals surface area contributed by atoms with E-state index in [2.05, 4.69) is 20.6 Å². The number of halogens is 3. The standard InChI is InChI=1S/C19H19ClFN5.HI/c1-22-19(25-12-15-4-2-3-5-16(15)20)24-11-14-6-7-18(17(21)10-14)26-9-8-23-13-26;/h2-10,13H,11-12H2,1H3,(H2,22,24,25);1H. The number of rotatable bonds is 5. The summed E-state index contributed by atoms with van der Waals surface area (Å²) in [6, 6.07) is 12.7. The average Bonchev–Trinajstić information content (AvgIpc) is 3.17. The van der Waals surface area contributed by atoms with Gasteiger partial charge >= 0.3 is 0 Å². The van der Waals surface area contributed by atoms with Crippen molar-refractivity contribution in [3.8, 4) is 5.69 Å². The van der Waals surface area contributed by atoms with Crippen LogP contribution >= 0.6 is 35.6 Å². The van der Waals surface area contributed by atoms with E-state index >= 15 is 0 Å². The Morgan fingerprint density at radius 1 is 1.19 bits per heavy atom. The third kappa shape index (κ3) is 5.67. The van der Waals surface area contributed by atoms with Crippen molar-refractivity contribution >= 4 is 41.5 Å². The van der Waals surface area contributed by atoms with Gasteiger partial charge in [0.15, 0.2) is 5.96 Å². The number of hydrogen-bond acceptors (Lipinski definition) is 2. The first kappa shape index (κ1) is 21.2. The van der Waals surface area contributed by atoms with Crippen molar-refractivity contribution in [1.82, 2.24) is 20.2 Å². The molecule has 1 aromatic heterocycles. The molecule has 0 unspecified atom stereocenters. The lowest BCUT2D eigenvalue weighted by atomic mass is 10.2. The summed E-state index contributed by atoms with van der Waals surface area (Å²) in [6.45, 7) is 0.997. The molecule has 0 fully saturated rings. The molecule has 2 aromatic carbocycles. The van der Waals surface area contributed by atoms with Crippen molar-refractivity contribution in [3.05, 3.63) is 83.2 Å². The number of benzene rings is 2. The van der Waals surface area contributed by atoms with Gasteiger partial charge in [-0.1, -0.05) is 35.9 Å². The zero-order valence-corrected chi connectivity index (χ0v) is 17.8. The van der Waals surface area contributed by atoms with E-state index in [4.69, 9.17) is 11.6 Å². The van der Waals surface area contributed by atoms with Crippen LogP contribution in [0.2, 0.25) is 5.02 Å². The lowest BCUT2D eigenvalue weighted by molar-refractivity contribution is 0.615. The molecule has 0 radical (unpaired) electrons. The molecule has 0 bridgehead atoms. The Morgan fingerprint density at radius 3 is 2.63 bits per heavy atom. The molecule has 0 atom stereocenters. The number of nitrogens with zero attached hydrogens (tertiary/aromatic N) is 3. The van der Waals surface area contributed by atoms with Gasteiger partial charge in [0.2, 0.25) is 0 Å². The molecule has 0 amide bonds. The highest BCUT2D eigenvalue weighted by Gasteiger charge is 2.06. The largest absolute Gasteiger partial charge is 0.352 e. The van der Waals surface area contributed by atoms with Gasteiger partial charge < -0.3 is 15.2 Å². The summed E-state index contributed by atoms with van der Waals surface area (Å²) in [5, 5.41) is 7.06. The maximum absolute atomic E-state index is 14.3. The maximum atomic E-state index is 14.3. The van der Waals surface area contributed by atoms with Crippen LogP contribution in [0.25, 0.3) is 5.69 Å². The number of guanidine groups is 1. The topological polar surface area (TPSA) is 54.2 Å². The van der Waals surface area contributed by atoms with Crippen LogP contribution in [-0.4, -0.2) is 22.6 Å². The summed E-state index contributed by atoms with van der Waals surface area (Å²) in [6.07, 6.45) is 4.89. The number of nitrogens with one attached hydrogen (secondary N) is 2. The van der Waals surface area contributed by atoms with E-state index < -0.39 is 0 Å². The predicted molar refractivity (Wildman–Crippen MR) is 117 cm³/mol. The average molecular weight is 500 g/mol. The van der Waals surface area contributed by atoms with Crippen molar-refractivity contribution < 1.29 is 4.39 Å². The van der Waals surface area contributed by atoms with Crippen molar-refractivity contribution in [1.29, 1.82) is 0 Å². The summed E-state index contributed by atoms with van der Waals surface area (Å²) in [4.78, 5) is 8.11. The second-order valence-corrected chi connectivity index (χ2v) is 6.03. The number of aliphatic imine (C=N–C) groups is 1. The normalized spacial score (nSPS) is 11.0. The molecule has 27 heavy (non-hydrogen) atoms. The Balaban J connectivity index is 0.00000261. The van der Waals surface area contributed by atoms with Crippen LogP contribution in [0.1, 0.15) is 11.1 Å². The Hall–Kier alpha value is -2.13.